The highest BCUT2D eigenvalue weighted by atomic mass is 35.5. The van der Waals surface area contributed by atoms with Crippen molar-refractivity contribution in [3.05, 3.63) is 244 Å². The van der Waals surface area contributed by atoms with Gasteiger partial charge in [-0.1, -0.05) is 184 Å². The number of ether oxygens (including phenoxy) is 6. The van der Waals surface area contributed by atoms with Gasteiger partial charge in [0.2, 0.25) is 12.0 Å². The Bertz CT molecular complexity index is 4790. The van der Waals surface area contributed by atoms with E-state index in [9.17, 15) is 48.3 Å². The number of benzene rings is 8. The van der Waals surface area contributed by atoms with Gasteiger partial charge in [0.1, 0.15) is 37.6 Å². The predicted molar refractivity (Wildman–Crippen MR) is 459 cm³/mol. The van der Waals surface area contributed by atoms with Crippen molar-refractivity contribution in [1.29, 1.82) is 0 Å². The molecule has 27 nitrogen and oxygen atoms in total. The minimum absolute atomic E-state index is 0.0137. The summed E-state index contributed by atoms with van der Waals surface area (Å²) in [7, 11) is 0. The average Bonchev–Trinajstić information content (AvgIpc) is 1.62. The molecule has 0 unspecified atom stereocenters. The SMILES string of the molecule is CC(C)(C)OC(=O)N1C[C@H](NC(=O)OCC2c3ccccc3-c3ccccc32)C[C@H]1CO.CCc1ccc(N=C=O)cc1.CCc1ccc(NC(=O)OC[C@@H]2C[C@@H](NC(=O)CN)CN2C(=O)NCc2ccccc2Cl)cc1.CCc1ccc(NC(=O)OC[C@@H]2C[C@@H](NC(=O)OCC3c4ccccc4-c4ccccc43)CN2C(=O)OC(C)(C)C)cc1. The number of urea groups is 1. The van der Waals surface area contributed by atoms with E-state index in [2.05, 4.69) is 106 Å². The van der Waals surface area contributed by atoms with E-state index in [4.69, 9.17) is 45.8 Å². The fourth-order valence-electron chi connectivity index (χ4n) is 14.9. The van der Waals surface area contributed by atoms with E-state index in [1.807, 2.05) is 140 Å². The van der Waals surface area contributed by atoms with Crippen LogP contribution in [0.2, 0.25) is 5.02 Å². The number of fused-ring (bicyclic) bond motifs is 6. The molecule has 0 bridgehead atoms. The molecule has 6 atom stereocenters. The largest absolute Gasteiger partial charge is 0.449 e. The number of aryl methyl sites for hydroxylation is 3. The van der Waals surface area contributed by atoms with Crippen molar-refractivity contribution >= 4 is 83.2 Å². The number of likely N-dealkylation sites (tertiary alicyclic amines) is 3. The van der Waals surface area contributed by atoms with Gasteiger partial charge in [0.15, 0.2) is 0 Å². The molecule has 3 saturated heterocycles. The molecule has 3 aliphatic heterocycles. The predicted octanol–water partition coefficient (Wildman–Crippen LogP) is 15.7. The van der Waals surface area contributed by atoms with Gasteiger partial charge in [-0.2, -0.15) is 4.99 Å². The van der Waals surface area contributed by atoms with E-state index in [0.29, 0.717) is 41.3 Å². The Balaban J connectivity index is 0.000000179. The summed E-state index contributed by atoms with van der Waals surface area (Å²) in [5.74, 6) is -0.380. The highest BCUT2D eigenvalue weighted by molar-refractivity contribution is 6.31. The number of carbonyl (C=O) groups excluding carboxylic acids is 9. The Morgan fingerprint density at radius 2 is 0.825 bits per heavy atom. The molecule has 13 rings (SSSR count). The lowest BCUT2D eigenvalue weighted by molar-refractivity contribution is -0.120. The molecule has 120 heavy (non-hydrogen) atoms. The van der Waals surface area contributed by atoms with Crippen LogP contribution in [0.15, 0.2) is 199 Å². The van der Waals surface area contributed by atoms with Gasteiger partial charge < -0.3 is 70.3 Å². The Labute approximate surface area is 705 Å². The summed E-state index contributed by atoms with van der Waals surface area (Å²) in [5, 5.41) is 27.0. The van der Waals surface area contributed by atoms with Crippen molar-refractivity contribution in [2.45, 2.75) is 167 Å². The minimum Gasteiger partial charge on any atom is -0.449 e. The first-order valence-electron chi connectivity index (χ1n) is 40.5. The van der Waals surface area contributed by atoms with Crippen LogP contribution in [0.5, 0.6) is 0 Å². The van der Waals surface area contributed by atoms with E-state index < -0.39 is 71.9 Å². The molecular weight excluding hydrogens is 1550 g/mol. The van der Waals surface area contributed by atoms with Gasteiger partial charge in [-0.3, -0.25) is 20.3 Å². The summed E-state index contributed by atoms with van der Waals surface area (Å²) < 4.78 is 33.2. The van der Waals surface area contributed by atoms with Crippen molar-refractivity contribution in [2.24, 2.45) is 10.7 Å². The van der Waals surface area contributed by atoms with Crippen molar-refractivity contribution in [3.63, 3.8) is 0 Å². The number of hydrogen-bond acceptors (Lipinski definition) is 18. The summed E-state index contributed by atoms with van der Waals surface area (Å²) in [6.07, 6.45) is 2.21. The zero-order valence-corrected chi connectivity index (χ0v) is 70.0. The summed E-state index contributed by atoms with van der Waals surface area (Å²) >= 11 is 6.17. The monoisotopic (exact) mass is 1660 g/mol. The van der Waals surface area contributed by atoms with Crippen LogP contribution in [-0.4, -0.2) is 181 Å². The summed E-state index contributed by atoms with van der Waals surface area (Å²) in [6, 6.07) is 59.8. The molecule has 0 aromatic heterocycles. The number of aliphatic hydroxyl groups is 1. The molecule has 0 radical (unpaired) electrons. The minimum atomic E-state index is -0.706. The highest BCUT2D eigenvalue weighted by Crippen LogP contribution is 2.46. The van der Waals surface area contributed by atoms with Gasteiger partial charge in [0, 0.05) is 60.5 Å². The Morgan fingerprint density at radius 1 is 0.467 bits per heavy atom. The number of amides is 9. The fraction of sp³-hybridized carbons (Fsp3) is 0.380. The number of halogens is 1. The lowest BCUT2D eigenvalue weighted by Crippen LogP contribution is -2.46. The van der Waals surface area contributed by atoms with Gasteiger partial charge >= 0.3 is 42.6 Å². The van der Waals surface area contributed by atoms with Crippen molar-refractivity contribution in [1.82, 2.24) is 36.0 Å². The number of aliphatic hydroxyl groups excluding tert-OH is 1. The van der Waals surface area contributed by atoms with Crippen molar-refractivity contribution in [3.8, 4) is 22.3 Å². The lowest BCUT2D eigenvalue weighted by Gasteiger charge is -2.28. The molecule has 8 aromatic rings. The maximum atomic E-state index is 13.0. The summed E-state index contributed by atoms with van der Waals surface area (Å²) in [5.41, 5.74) is 19.5. The number of alkyl carbamates (subject to hydrolysis) is 2. The number of carbonyl (C=O) groups is 8. The zero-order chi connectivity index (χ0) is 86.0. The molecule has 9 amide bonds. The Kier molecular flexibility index (Phi) is 32.2. The smallest absolute Gasteiger partial charge is 0.411 e. The van der Waals surface area contributed by atoms with Crippen LogP contribution < -0.4 is 37.6 Å². The molecule has 3 heterocycles. The van der Waals surface area contributed by atoms with Gasteiger partial charge in [-0.05, 0) is 189 Å². The van der Waals surface area contributed by atoms with E-state index >= 15 is 0 Å². The van der Waals surface area contributed by atoms with Crippen LogP contribution in [0.3, 0.4) is 0 Å². The maximum absolute atomic E-state index is 13.0. The molecular formula is C92H108ClN11O16. The second-order valence-corrected chi connectivity index (χ2v) is 32.0. The first-order chi connectivity index (χ1) is 57.6. The number of nitrogens with one attached hydrogen (secondary N) is 6. The molecule has 5 aliphatic rings. The van der Waals surface area contributed by atoms with Gasteiger partial charge in [-0.25, -0.2) is 38.4 Å². The maximum Gasteiger partial charge on any atom is 0.411 e. The molecule has 0 spiro atoms. The second-order valence-electron chi connectivity index (χ2n) is 31.6. The molecule has 28 heteroatoms. The van der Waals surface area contributed by atoms with Crippen LogP contribution in [0.1, 0.15) is 138 Å². The third-order valence-electron chi connectivity index (χ3n) is 20.8. The molecule has 0 saturated carbocycles. The first kappa shape index (κ1) is 90.0. The number of isocyanates is 1. The van der Waals surface area contributed by atoms with Gasteiger partial charge in [-0.15, -0.1) is 0 Å². The fourth-order valence-corrected chi connectivity index (χ4v) is 15.1. The first-order valence-corrected chi connectivity index (χ1v) is 40.8. The van der Waals surface area contributed by atoms with Crippen molar-refractivity contribution in [2.75, 3.05) is 69.8 Å². The van der Waals surface area contributed by atoms with E-state index in [-0.39, 0.29) is 102 Å². The number of nitrogens with two attached hydrogens (primary N) is 1. The molecule has 634 valence electrons. The second kappa shape index (κ2) is 42.9. The summed E-state index contributed by atoms with van der Waals surface area (Å²) in [4.78, 5) is 118. The number of hydrogen-bond donors (Lipinski definition) is 8. The molecule has 2 aliphatic carbocycles. The van der Waals surface area contributed by atoms with Crippen LogP contribution in [0.25, 0.3) is 22.3 Å². The number of anilines is 2. The number of rotatable bonds is 21. The van der Waals surface area contributed by atoms with E-state index in [0.717, 1.165) is 69.3 Å². The molecule has 3 fully saturated rings. The number of aliphatic imine (C=N–C) groups is 1. The van der Waals surface area contributed by atoms with Crippen LogP contribution in [0.4, 0.5) is 50.6 Å². The molecule has 9 N–H and O–H groups in total. The quantitative estimate of drug-likeness (QED) is 0.0188. The van der Waals surface area contributed by atoms with Gasteiger partial charge in [0.25, 0.3) is 0 Å². The highest BCUT2D eigenvalue weighted by Gasteiger charge is 2.42. The normalized spacial score (nSPS) is 17.3. The van der Waals surface area contributed by atoms with Crippen LogP contribution in [0, 0.1) is 0 Å². The lowest BCUT2D eigenvalue weighted by atomic mass is 9.98. The molecule has 8 aromatic carbocycles. The zero-order valence-electron chi connectivity index (χ0n) is 69.2. The Morgan fingerprint density at radius 3 is 1.22 bits per heavy atom. The average molecular weight is 1660 g/mol. The standard InChI is InChI=1S/C34H39N3O6.C25H30N2O5.C24H30ClN5O4.C9H9NO/c1-5-22-14-16-23(17-15-22)35-31(38)41-20-25-18-24(19-37(25)33(40)43-34(2,3)4)36-32(39)42-21-30-28-12-8-6-10-26(28)27-11-7-9-13-29(27)30;1-25(2,3)32-24(30)27-13-16(12-17(27)14-28)26-23(29)31-15-22-20-10-6-4-8-18(20)19-9-5-7-11-21(19)22;1-2-16-7-9-18(10-8-16)29-24(33)34-15-20-11-19(28-22(31)12-26)14-30(20)23(32)27-13-17-5-3-4-6-21(17)25;1-2-8-3-5-9(6-4-8)10-7-11/h6-17,24-25,30H,5,18-21H2,1-4H3,(H,35,38)(H,36,39);4-11,16-17,22,28H,12-15H2,1-3H3,(H,26,29);3-10,19-20H,2,11-15,26H2,1H3,(H,27,32)(H,28,31)(H,29,33);3-6H,2H2,1H3/t24-,25+;16-,17+;19-,20+;/m111./s1. The third-order valence-corrected chi connectivity index (χ3v) is 21.2. The van der Waals surface area contributed by atoms with Crippen LogP contribution >= 0.6 is 11.6 Å². The van der Waals surface area contributed by atoms with Crippen LogP contribution in [-0.2, 0) is 63.8 Å². The van der Waals surface area contributed by atoms with E-state index in [1.54, 1.807) is 52.5 Å². The summed E-state index contributed by atoms with van der Waals surface area (Å²) in [6.45, 7) is 17.9. The van der Waals surface area contributed by atoms with E-state index in [1.165, 1.54) is 32.6 Å². The van der Waals surface area contributed by atoms with Crippen molar-refractivity contribution < 1.29 is 76.7 Å². The number of nitrogens with zero attached hydrogens (tertiary/aromatic N) is 4. The van der Waals surface area contributed by atoms with Gasteiger partial charge in [0.05, 0.1) is 49.0 Å². The Hall–Kier alpha value is -12.3. The third kappa shape index (κ3) is 25.6. The topological polar surface area (TPSA) is 350 Å².